The van der Waals surface area contributed by atoms with E-state index in [4.69, 9.17) is 17.0 Å². The average molecular weight is 318 g/mol. The minimum absolute atomic E-state index is 0.121. The lowest BCUT2D eigenvalue weighted by Gasteiger charge is -2.18. The van der Waals surface area contributed by atoms with Gasteiger partial charge in [-0.3, -0.25) is 0 Å². The van der Waals surface area contributed by atoms with E-state index in [-0.39, 0.29) is 17.6 Å². The van der Waals surface area contributed by atoms with Crippen LogP contribution in [0, 0.1) is 12.7 Å². The van der Waals surface area contributed by atoms with Crippen molar-refractivity contribution in [2.45, 2.75) is 19.9 Å². The lowest BCUT2D eigenvalue weighted by atomic mass is 10.1. The van der Waals surface area contributed by atoms with Gasteiger partial charge in [0.25, 0.3) is 0 Å². The highest BCUT2D eigenvalue weighted by Crippen LogP contribution is 2.22. The Balaban J connectivity index is 2.02. The fraction of sp³-hybridized carbons (Fsp3) is 0.235. The molecule has 0 aromatic heterocycles. The summed E-state index contributed by atoms with van der Waals surface area (Å²) in [6.45, 7) is 3.93. The van der Waals surface area contributed by atoms with E-state index >= 15 is 0 Å². The van der Waals surface area contributed by atoms with E-state index < -0.39 is 0 Å². The third-order valence-electron chi connectivity index (χ3n) is 3.42. The Morgan fingerprint density at radius 1 is 1.23 bits per heavy atom. The summed E-state index contributed by atoms with van der Waals surface area (Å²) in [6, 6.07) is 12.6. The van der Waals surface area contributed by atoms with Gasteiger partial charge in [-0.15, -0.1) is 0 Å². The highest BCUT2D eigenvalue weighted by atomic mass is 32.1. The van der Waals surface area contributed by atoms with Crippen molar-refractivity contribution in [3.63, 3.8) is 0 Å². The number of anilines is 1. The molecular weight excluding hydrogens is 299 g/mol. The number of hydrogen-bond acceptors (Lipinski definition) is 2. The van der Waals surface area contributed by atoms with E-state index in [1.54, 1.807) is 6.07 Å². The van der Waals surface area contributed by atoms with Gasteiger partial charge in [0.15, 0.2) is 16.7 Å². The van der Waals surface area contributed by atoms with Crippen LogP contribution < -0.4 is 15.4 Å². The Morgan fingerprint density at radius 3 is 2.59 bits per heavy atom. The number of benzene rings is 2. The molecule has 0 bridgehead atoms. The maximum Gasteiger partial charge on any atom is 0.171 e. The quantitative estimate of drug-likeness (QED) is 0.828. The topological polar surface area (TPSA) is 33.3 Å². The molecule has 2 N–H and O–H groups in total. The first-order chi connectivity index (χ1) is 10.5. The molecule has 5 heteroatoms. The number of aryl methyl sites for hydroxylation is 1. The van der Waals surface area contributed by atoms with Gasteiger partial charge in [-0.05, 0) is 55.4 Å². The van der Waals surface area contributed by atoms with Crippen LogP contribution >= 0.6 is 12.2 Å². The molecule has 2 aromatic carbocycles. The third-order valence-corrected chi connectivity index (χ3v) is 3.64. The summed E-state index contributed by atoms with van der Waals surface area (Å²) < 4.78 is 18.7. The molecular formula is C17H19FN2OS. The van der Waals surface area contributed by atoms with Crippen LogP contribution in [0.4, 0.5) is 10.1 Å². The van der Waals surface area contributed by atoms with Crippen molar-refractivity contribution in [3.05, 3.63) is 59.4 Å². The molecule has 116 valence electrons. The number of para-hydroxylation sites is 1. The van der Waals surface area contributed by atoms with Gasteiger partial charge in [-0.2, -0.15) is 0 Å². The first kappa shape index (κ1) is 16.2. The van der Waals surface area contributed by atoms with Crippen LogP contribution in [0.15, 0.2) is 42.5 Å². The Hall–Kier alpha value is -2.14. The molecule has 0 saturated heterocycles. The zero-order valence-electron chi connectivity index (χ0n) is 12.8. The van der Waals surface area contributed by atoms with E-state index in [0.29, 0.717) is 5.11 Å². The number of ether oxygens (including phenoxy) is 1. The van der Waals surface area contributed by atoms with Crippen molar-refractivity contribution in [1.29, 1.82) is 0 Å². The van der Waals surface area contributed by atoms with Gasteiger partial charge in [0.2, 0.25) is 0 Å². The van der Waals surface area contributed by atoms with Crippen LogP contribution in [0.1, 0.15) is 24.1 Å². The minimum atomic E-state index is -0.383. The van der Waals surface area contributed by atoms with Crippen molar-refractivity contribution < 1.29 is 9.13 Å². The van der Waals surface area contributed by atoms with Crippen LogP contribution in [0.3, 0.4) is 0 Å². The standard InChI is InChI=1S/C17H19FN2OS/c1-11-6-4-5-7-15(11)20-17(22)19-12(2)13-8-9-16(21-3)14(18)10-13/h4-10,12H,1-3H3,(H2,19,20,22)/t12-/m0/s1. The normalized spacial score (nSPS) is 11.6. The molecule has 0 radical (unpaired) electrons. The summed E-state index contributed by atoms with van der Waals surface area (Å²) in [5.74, 6) is -0.150. The predicted molar refractivity (Wildman–Crippen MR) is 91.9 cm³/mol. The Kier molecular flexibility index (Phi) is 5.33. The number of thiocarbonyl (C=S) groups is 1. The smallest absolute Gasteiger partial charge is 0.171 e. The molecule has 0 saturated carbocycles. The highest BCUT2D eigenvalue weighted by molar-refractivity contribution is 7.80. The van der Waals surface area contributed by atoms with Crippen molar-refractivity contribution in [1.82, 2.24) is 5.32 Å². The third kappa shape index (κ3) is 3.95. The van der Waals surface area contributed by atoms with E-state index in [2.05, 4.69) is 10.6 Å². The number of rotatable bonds is 4. The van der Waals surface area contributed by atoms with Crippen LogP contribution in [-0.2, 0) is 0 Å². The minimum Gasteiger partial charge on any atom is -0.494 e. The van der Waals surface area contributed by atoms with Gasteiger partial charge in [0, 0.05) is 5.69 Å². The largest absolute Gasteiger partial charge is 0.494 e. The van der Waals surface area contributed by atoms with Crippen LogP contribution in [0.5, 0.6) is 5.75 Å². The number of hydrogen-bond donors (Lipinski definition) is 2. The number of methoxy groups -OCH3 is 1. The maximum absolute atomic E-state index is 13.7. The first-order valence-corrected chi connectivity index (χ1v) is 7.38. The van der Waals surface area contributed by atoms with Gasteiger partial charge in [-0.1, -0.05) is 24.3 Å². The molecule has 2 aromatic rings. The molecule has 0 spiro atoms. The van der Waals surface area contributed by atoms with Gasteiger partial charge in [0.05, 0.1) is 13.2 Å². The second kappa shape index (κ2) is 7.22. The molecule has 0 aliphatic carbocycles. The van der Waals surface area contributed by atoms with Gasteiger partial charge >= 0.3 is 0 Å². The molecule has 0 aliphatic rings. The van der Waals surface area contributed by atoms with Gasteiger partial charge < -0.3 is 15.4 Å². The molecule has 22 heavy (non-hydrogen) atoms. The lowest BCUT2D eigenvalue weighted by Crippen LogP contribution is -2.31. The predicted octanol–water partition coefficient (Wildman–Crippen LogP) is 4.19. The number of halogens is 1. The number of nitrogens with one attached hydrogen (secondary N) is 2. The van der Waals surface area contributed by atoms with Gasteiger partial charge in [0.1, 0.15) is 0 Å². The maximum atomic E-state index is 13.7. The van der Waals surface area contributed by atoms with E-state index in [1.165, 1.54) is 13.2 Å². The van der Waals surface area contributed by atoms with Crippen molar-refractivity contribution >= 4 is 23.0 Å². The monoisotopic (exact) mass is 318 g/mol. The Morgan fingerprint density at radius 2 is 1.95 bits per heavy atom. The lowest BCUT2D eigenvalue weighted by molar-refractivity contribution is 0.386. The summed E-state index contributed by atoms with van der Waals surface area (Å²) >= 11 is 5.31. The van der Waals surface area contributed by atoms with Crippen LogP contribution in [0.25, 0.3) is 0 Å². The fourth-order valence-electron chi connectivity index (χ4n) is 2.10. The molecule has 1 atom stereocenters. The fourth-order valence-corrected chi connectivity index (χ4v) is 2.39. The first-order valence-electron chi connectivity index (χ1n) is 6.98. The van der Waals surface area contributed by atoms with E-state index in [1.807, 2.05) is 44.2 Å². The van der Waals surface area contributed by atoms with E-state index in [9.17, 15) is 4.39 Å². The summed E-state index contributed by atoms with van der Waals surface area (Å²) in [7, 11) is 1.45. The molecule has 0 heterocycles. The zero-order chi connectivity index (χ0) is 16.1. The van der Waals surface area contributed by atoms with Crippen LogP contribution in [-0.4, -0.2) is 12.2 Å². The summed E-state index contributed by atoms with van der Waals surface area (Å²) in [4.78, 5) is 0. The molecule has 0 aliphatic heterocycles. The highest BCUT2D eigenvalue weighted by Gasteiger charge is 2.11. The second-order valence-electron chi connectivity index (χ2n) is 5.03. The van der Waals surface area contributed by atoms with E-state index in [0.717, 1.165) is 16.8 Å². The average Bonchev–Trinajstić information content (AvgIpc) is 2.49. The molecule has 3 nitrogen and oxygen atoms in total. The zero-order valence-corrected chi connectivity index (χ0v) is 13.6. The van der Waals surface area contributed by atoms with Crippen molar-refractivity contribution in [3.8, 4) is 5.75 Å². The summed E-state index contributed by atoms with van der Waals surface area (Å²) in [5, 5.41) is 6.80. The SMILES string of the molecule is COc1ccc([C@H](C)NC(=S)Nc2ccccc2C)cc1F. The summed E-state index contributed by atoms with van der Waals surface area (Å²) in [6.07, 6.45) is 0. The second-order valence-corrected chi connectivity index (χ2v) is 5.44. The Bertz CT molecular complexity index is 675. The molecule has 0 fully saturated rings. The van der Waals surface area contributed by atoms with Crippen molar-refractivity contribution in [2.75, 3.05) is 12.4 Å². The van der Waals surface area contributed by atoms with Crippen molar-refractivity contribution in [2.24, 2.45) is 0 Å². The molecule has 0 amide bonds. The summed E-state index contributed by atoms with van der Waals surface area (Å²) in [5.41, 5.74) is 2.86. The van der Waals surface area contributed by atoms with Gasteiger partial charge in [-0.25, -0.2) is 4.39 Å². The van der Waals surface area contributed by atoms with Crippen LogP contribution in [0.2, 0.25) is 0 Å². The molecule has 0 unspecified atom stereocenters. The molecule has 2 rings (SSSR count). The Labute approximate surface area is 135 Å².